The van der Waals surface area contributed by atoms with Gasteiger partial charge < -0.3 is 14.6 Å². The molecule has 1 saturated heterocycles. The van der Waals surface area contributed by atoms with E-state index < -0.39 is 0 Å². The highest BCUT2D eigenvalue weighted by Crippen LogP contribution is 2.31. The van der Waals surface area contributed by atoms with Crippen LogP contribution in [-0.2, 0) is 22.7 Å². The Labute approximate surface area is 167 Å². The molecule has 6 nitrogen and oxygen atoms in total. The van der Waals surface area contributed by atoms with Crippen LogP contribution in [0.25, 0.3) is 0 Å². The van der Waals surface area contributed by atoms with Gasteiger partial charge in [-0.2, -0.15) is 0 Å². The maximum Gasteiger partial charge on any atom is 0.254 e. The first kappa shape index (κ1) is 20.5. The number of nitrogens with zero attached hydrogens (tertiary/aromatic N) is 3. The van der Waals surface area contributed by atoms with Gasteiger partial charge in [-0.05, 0) is 44.9 Å². The number of rotatable bonds is 4. The van der Waals surface area contributed by atoms with Crippen molar-refractivity contribution in [1.82, 2.24) is 14.7 Å². The van der Waals surface area contributed by atoms with Crippen molar-refractivity contribution in [1.29, 1.82) is 0 Å². The average molecular weight is 386 g/mol. The number of fused-ring (bicyclic) bond motifs is 1. The molecular weight excluding hydrogens is 354 g/mol. The molecule has 1 fully saturated rings. The lowest BCUT2D eigenvalue weighted by molar-refractivity contribution is -0.134. The molecule has 3 rings (SSSR count). The molecule has 0 atom stereocenters. The van der Waals surface area contributed by atoms with Crippen LogP contribution in [0.15, 0.2) is 18.2 Å². The summed E-state index contributed by atoms with van der Waals surface area (Å²) < 4.78 is 0. The second-order valence-electron chi connectivity index (χ2n) is 8.85. The molecule has 2 aliphatic heterocycles. The van der Waals surface area contributed by atoms with E-state index >= 15 is 0 Å². The zero-order valence-corrected chi connectivity index (χ0v) is 17.5. The number of benzene rings is 1. The Morgan fingerprint density at radius 2 is 1.57 bits per heavy atom. The topological polar surface area (TPSA) is 60.9 Å². The molecule has 152 valence electrons. The normalized spacial score (nSPS) is 17.6. The summed E-state index contributed by atoms with van der Waals surface area (Å²) in [5.74, 6) is 0.0940. The summed E-state index contributed by atoms with van der Waals surface area (Å²) in [6.45, 7) is 11.9. The number of piperazine rings is 1. The van der Waals surface area contributed by atoms with Crippen LogP contribution in [0.1, 0.15) is 62.0 Å². The molecule has 0 aromatic heterocycles. The van der Waals surface area contributed by atoms with Crippen LogP contribution < -0.4 is 0 Å². The zero-order valence-electron chi connectivity index (χ0n) is 17.5. The second kappa shape index (κ2) is 8.03. The molecule has 1 aromatic rings. The van der Waals surface area contributed by atoms with E-state index in [1.54, 1.807) is 4.90 Å². The lowest BCUT2D eigenvalue weighted by Crippen LogP contribution is -2.50. The number of carbonyl (C=O) groups excluding carboxylic acids is 3. The number of hydrogen-bond acceptors (Lipinski definition) is 4. The van der Waals surface area contributed by atoms with E-state index in [0.717, 1.165) is 24.2 Å². The number of hydrogen-bond donors (Lipinski definition) is 0. The largest absolute Gasteiger partial charge is 0.339 e. The SMILES string of the molecule is CC(=O)CCC(=O)N1CCN(C(=O)c2cccc3c2CN(C(C)(C)C)C3)CC1. The Bertz CT molecular complexity index is 774. The Balaban J connectivity index is 1.64. The van der Waals surface area contributed by atoms with E-state index in [1.807, 2.05) is 17.0 Å². The lowest BCUT2D eigenvalue weighted by Gasteiger charge is -2.35. The summed E-state index contributed by atoms with van der Waals surface area (Å²) in [4.78, 5) is 42.5. The fraction of sp³-hybridized carbons (Fsp3) is 0.591. The molecule has 0 bridgehead atoms. The van der Waals surface area contributed by atoms with Crippen LogP contribution in [0.5, 0.6) is 0 Å². The maximum atomic E-state index is 13.2. The summed E-state index contributed by atoms with van der Waals surface area (Å²) in [5.41, 5.74) is 3.23. The molecule has 2 aliphatic rings. The maximum absolute atomic E-state index is 13.2. The molecule has 0 saturated carbocycles. The van der Waals surface area contributed by atoms with Crippen LogP contribution in [-0.4, -0.2) is 64.0 Å². The summed E-state index contributed by atoms with van der Waals surface area (Å²) in [7, 11) is 0. The van der Waals surface area contributed by atoms with E-state index in [1.165, 1.54) is 12.5 Å². The first-order chi connectivity index (χ1) is 13.2. The number of amides is 2. The minimum Gasteiger partial charge on any atom is -0.339 e. The van der Waals surface area contributed by atoms with E-state index in [0.29, 0.717) is 32.6 Å². The van der Waals surface area contributed by atoms with Crippen LogP contribution in [0.2, 0.25) is 0 Å². The molecule has 2 heterocycles. The summed E-state index contributed by atoms with van der Waals surface area (Å²) in [5, 5.41) is 0. The molecule has 2 amide bonds. The minimum absolute atomic E-state index is 0.00345. The van der Waals surface area contributed by atoms with Crippen molar-refractivity contribution in [2.24, 2.45) is 0 Å². The minimum atomic E-state index is 0.00345. The first-order valence-corrected chi connectivity index (χ1v) is 10.1. The molecule has 0 spiro atoms. The van der Waals surface area contributed by atoms with Gasteiger partial charge in [0.1, 0.15) is 5.78 Å². The average Bonchev–Trinajstić information content (AvgIpc) is 3.10. The van der Waals surface area contributed by atoms with Crippen LogP contribution in [0, 0.1) is 0 Å². The third kappa shape index (κ3) is 4.43. The second-order valence-corrected chi connectivity index (χ2v) is 8.85. The predicted molar refractivity (Wildman–Crippen MR) is 108 cm³/mol. The van der Waals surface area contributed by atoms with Crippen LogP contribution in [0.3, 0.4) is 0 Å². The first-order valence-electron chi connectivity index (χ1n) is 10.1. The zero-order chi connectivity index (χ0) is 20.5. The monoisotopic (exact) mass is 385 g/mol. The third-order valence-corrected chi connectivity index (χ3v) is 5.77. The fourth-order valence-corrected chi connectivity index (χ4v) is 3.87. The number of Topliss-reactive ketones (excluding diaryl/α,β-unsaturated/α-hetero) is 1. The van der Waals surface area contributed by atoms with Crippen molar-refractivity contribution in [2.75, 3.05) is 26.2 Å². The predicted octanol–water partition coefficient (Wildman–Crippen LogP) is 2.45. The molecule has 0 aliphatic carbocycles. The Morgan fingerprint density at radius 1 is 0.929 bits per heavy atom. The van der Waals surface area contributed by atoms with Gasteiger partial charge in [0, 0.05) is 63.2 Å². The highest BCUT2D eigenvalue weighted by atomic mass is 16.2. The van der Waals surface area contributed by atoms with Crippen molar-refractivity contribution in [3.05, 3.63) is 34.9 Å². The van der Waals surface area contributed by atoms with E-state index in [4.69, 9.17) is 0 Å². The molecule has 6 heteroatoms. The number of carbonyl (C=O) groups is 3. The molecule has 0 unspecified atom stereocenters. The molecular formula is C22H31N3O3. The van der Waals surface area contributed by atoms with E-state index in [2.05, 4.69) is 31.7 Å². The highest BCUT2D eigenvalue weighted by molar-refractivity contribution is 5.96. The quantitative estimate of drug-likeness (QED) is 0.799. The standard InChI is InChI=1S/C22H31N3O3/c1-16(26)8-9-20(27)23-10-12-24(13-11-23)21(28)18-7-5-6-17-14-25(15-19(17)18)22(2,3)4/h5-7H,8-15H2,1-4H3. The molecule has 1 aromatic carbocycles. The Morgan fingerprint density at radius 3 is 2.18 bits per heavy atom. The van der Waals surface area contributed by atoms with Gasteiger partial charge in [0.15, 0.2) is 0 Å². The smallest absolute Gasteiger partial charge is 0.254 e. The third-order valence-electron chi connectivity index (χ3n) is 5.77. The summed E-state index contributed by atoms with van der Waals surface area (Å²) >= 11 is 0. The van der Waals surface area contributed by atoms with Crippen LogP contribution >= 0.6 is 0 Å². The summed E-state index contributed by atoms with van der Waals surface area (Å²) in [6, 6.07) is 6.01. The van der Waals surface area contributed by atoms with Gasteiger partial charge in [0.25, 0.3) is 5.91 Å². The van der Waals surface area contributed by atoms with Gasteiger partial charge in [0.2, 0.25) is 5.91 Å². The van der Waals surface area contributed by atoms with Gasteiger partial charge in [-0.3, -0.25) is 14.5 Å². The van der Waals surface area contributed by atoms with Gasteiger partial charge in [-0.25, -0.2) is 0 Å². The Kier molecular flexibility index (Phi) is 5.89. The van der Waals surface area contributed by atoms with Crippen molar-refractivity contribution in [3.8, 4) is 0 Å². The molecule has 28 heavy (non-hydrogen) atoms. The van der Waals surface area contributed by atoms with Crippen molar-refractivity contribution < 1.29 is 14.4 Å². The molecule has 0 radical (unpaired) electrons. The summed E-state index contributed by atoms with van der Waals surface area (Å²) in [6.07, 6.45) is 0.552. The highest BCUT2D eigenvalue weighted by Gasteiger charge is 2.32. The van der Waals surface area contributed by atoms with Gasteiger partial charge >= 0.3 is 0 Å². The van der Waals surface area contributed by atoms with E-state index in [-0.39, 0.29) is 29.6 Å². The van der Waals surface area contributed by atoms with Gasteiger partial charge in [-0.15, -0.1) is 0 Å². The Hall–Kier alpha value is -2.21. The molecule has 0 N–H and O–H groups in total. The van der Waals surface area contributed by atoms with Crippen molar-refractivity contribution in [3.63, 3.8) is 0 Å². The van der Waals surface area contributed by atoms with Gasteiger partial charge in [-0.1, -0.05) is 12.1 Å². The van der Waals surface area contributed by atoms with Crippen LogP contribution in [0.4, 0.5) is 0 Å². The number of ketones is 1. The fourth-order valence-electron chi connectivity index (χ4n) is 3.87. The van der Waals surface area contributed by atoms with Crippen molar-refractivity contribution >= 4 is 17.6 Å². The van der Waals surface area contributed by atoms with Crippen molar-refractivity contribution in [2.45, 2.75) is 59.2 Å². The van der Waals surface area contributed by atoms with Gasteiger partial charge in [0.05, 0.1) is 0 Å². The lowest BCUT2D eigenvalue weighted by atomic mass is 10.0. The van der Waals surface area contributed by atoms with E-state index in [9.17, 15) is 14.4 Å².